The number of methoxy groups -OCH3 is 1. The number of rotatable bonds is 3. The van der Waals surface area contributed by atoms with E-state index in [0.717, 1.165) is 7.11 Å². The Balaban J connectivity index is 3.75. The molecule has 0 aliphatic rings. The van der Waals surface area contributed by atoms with Gasteiger partial charge in [-0.05, 0) is 0 Å². The van der Waals surface area contributed by atoms with E-state index in [0.29, 0.717) is 6.20 Å². The maximum Gasteiger partial charge on any atom is 0.284 e. The minimum atomic E-state index is -4.39. The number of pyridine rings is 1. The van der Waals surface area contributed by atoms with Crippen LogP contribution in [0.3, 0.4) is 0 Å². The Morgan fingerprint density at radius 3 is 2.53 bits per heavy atom. The van der Waals surface area contributed by atoms with Gasteiger partial charge in [-0.15, -0.1) is 0 Å². The number of hydrogen-bond donors (Lipinski definition) is 0. The fourth-order valence-corrected chi connectivity index (χ4v) is 2.39. The van der Waals surface area contributed by atoms with Crippen molar-refractivity contribution in [1.29, 1.82) is 5.26 Å². The SMILES string of the molecule is COc1c(C(F)F)ncc(C#N)c1S(=O)(=O)Cl. The van der Waals surface area contributed by atoms with Crippen LogP contribution in [0.25, 0.3) is 0 Å². The van der Waals surface area contributed by atoms with Crippen LogP contribution in [-0.4, -0.2) is 20.5 Å². The number of hydrogen-bond acceptors (Lipinski definition) is 5. The predicted octanol–water partition coefficient (Wildman–Crippen LogP) is 1.83. The normalized spacial score (nSPS) is 11.3. The summed E-state index contributed by atoms with van der Waals surface area (Å²) in [5.74, 6) is -0.714. The molecule has 0 aliphatic heterocycles. The lowest BCUT2D eigenvalue weighted by Crippen LogP contribution is -2.05. The van der Waals surface area contributed by atoms with Gasteiger partial charge in [-0.2, -0.15) is 5.26 Å². The van der Waals surface area contributed by atoms with Crippen molar-refractivity contribution in [2.45, 2.75) is 11.3 Å². The van der Waals surface area contributed by atoms with Gasteiger partial charge in [-0.25, -0.2) is 22.2 Å². The maximum atomic E-state index is 12.6. The Kier molecular flexibility index (Phi) is 3.85. The van der Waals surface area contributed by atoms with Gasteiger partial charge >= 0.3 is 0 Å². The molecule has 92 valence electrons. The molecule has 5 nitrogen and oxygen atoms in total. The molecule has 0 N–H and O–H groups in total. The zero-order valence-corrected chi connectivity index (χ0v) is 9.89. The van der Waals surface area contributed by atoms with Gasteiger partial charge in [0.2, 0.25) is 0 Å². The highest BCUT2D eigenvalue weighted by Gasteiger charge is 2.28. The second-order valence-electron chi connectivity index (χ2n) is 2.77. The third-order valence-electron chi connectivity index (χ3n) is 1.79. The largest absolute Gasteiger partial charge is 0.493 e. The van der Waals surface area contributed by atoms with Crippen LogP contribution >= 0.6 is 10.7 Å². The zero-order chi connectivity index (χ0) is 13.2. The number of aromatic nitrogens is 1. The van der Waals surface area contributed by atoms with Crippen LogP contribution in [-0.2, 0) is 9.05 Å². The molecule has 1 rings (SSSR count). The average Bonchev–Trinajstić information content (AvgIpc) is 2.25. The molecule has 0 spiro atoms. The van der Waals surface area contributed by atoms with Gasteiger partial charge in [0.25, 0.3) is 15.5 Å². The zero-order valence-electron chi connectivity index (χ0n) is 8.32. The topological polar surface area (TPSA) is 80.0 Å². The molecule has 0 aromatic carbocycles. The smallest absolute Gasteiger partial charge is 0.284 e. The number of nitriles is 1. The van der Waals surface area contributed by atoms with Crippen molar-refractivity contribution >= 4 is 19.7 Å². The van der Waals surface area contributed by atoms with E-state index in [1.54, 1.807) is 0 Å². The van der Waals surface area contributed by atoms with E-state index in [1.165, 1.54) is 6.07 Å². The fraction of sp³-hybridized carbons (Fsp3) is 0.250. The molecular weight excluding hydrogens is 278 g/mol. The van der Waals surface area contributed by atoms with Crippen molar-refractivity contribution in [2.75, 3.05) is 7.11 Å². The summed E-state index contributed by atoms with van der Waals surface area (Å²) in [5.41, 5.74) is -1.34. The molecule has 1 aromatic rings. The number of alkyl halides is 2. The van der Waals surface area contributed by atoms with Crippen LogP contribution < -0.4 is 4.74 Å². The average molecular weight is 283 g/mol. The molecule has 0 saturated heterocycles. The first-order valence-electron chi connectivity index (χ1n) is 4.02. The monoisotopic (exact) mass is 282 g/mol. The van der Waals surface area contributed by atoms with Crippen LogP contribution in [0.15, 0.2) is 11.1 Å². The van der Waals surface area contributed by atoms with E-state index in [-0.39, 0.29) is 0 Å². The van der Waals surface area contributed by atoms with E-state index in [2.05, 4.69) is 9.72 Å². The number of nitrogens with zero attached hydrogens (tertiary/aromatic N) is 2. The van der Waals surface area contributed by atoms with Gasteiger partial charge in [0, 0.05) is 16.9 Å². The Bertz CT molecular complexity index is 583. The van der Waals surface area contributed by atoms with Gasteiger partial charge < -0.3 is 4.74 Å². The number of halogens is 3. The van der Waals surface area contributed by atoms with Crippen molar-refractivity contribution in [3.8, 4) is 11.8 Å². The molecule has 0 radical (unpaired) electrons. The Labute approximate surface area is 100 Å². The summed E-state index contributed by atoms with van der Waals surface area (Å²) in [6.45, 7) is 0. The van der Waals surface area contributed by atoms with E-state index >= 15 is 0 Å². The lowest BCUT2D eigenvalue weighted by Gasteiger charge is -2.11. The standard InChI is InChI=1S/C8H5ClF2N2O3S/c1-16-6-5(8(10)11)13-3-4(2-12)7(6)17(9,14)15/h3,8H,1H3. The summed E-state index contributed by atoms with van der Waals surface area (Å²) in [6, 6.07) is 1.49. The summed E-state index contributed by atoms with van der Waals surface area (Å²) < 4.78 is 52.1. The highest BCUT2D eigenvalue weighted by atomic mass is 35.7. The van der Waals surface area contributed by atoms with Crippen LogP contribution in [0.5, 0.6) is 5.75 Å². The molecule has 0 saturated carbocycles. The molecule has 9 heteroatoms. The summed E-state index contributed by atoms with van der Waals surface area (Å²) in [4.78, 5) is 2.48. The van der Waals surface area contributed by atoms with Crippen molar-refractivity contribution in [1.82, 2.24) is 4.98 Å². The molecular formula is C8H5ClF2N2O3S. The lowest BCUT2D eigenvalue weighted by atomic mass is 10.2. The maximum absolute atomic E-state index is 12.6. The van der Waals surface area contributed by atoms with Crippen molar-refractivity contribution in [2.24, 2.45) is 0 Å². The molecule has 1 aromatic heterocycles. The molecule has 0 unspecified atom stereocenters. The molecule has 0 bridgehead atoms. The van der Waals surface area contributed by atoms with E-state index in [4.69, 9.17) is 15.9 Å². The first-order chi connectivity index (χ1) is 7.82. The molecule has 0 amide bonds. The summed E-state index contributed by atoms with van der Waals surface area (Å²) in [6.07, 6.45) is -2.34. The molecule has 17 heavy (non-hydrogen) atoms. The van der Waals surface area contributed by atoms with Crippen molar-refractivity contribution in [3.63, 3.8) is 0 Å². The number of ether oxygens (including phenoxy) is 1. The quantitative estimate of drug-likeness (QED) is 0.790. The van der Waals surface area contributed by atoms with Crippen LogP contribution in [0.2, 0.25) is 0 Å². The first kappa shape index (κ1) is 13.6. The first-order valence-corrected chi connectivity index (χ1v) is 6.33. The third kappa shape index (κ3) is 2.62. The summed E-state index contributed by atoms with van der Waals surface area (Å²) >= 11 is 0. The van der Waals surface area contributed by atoms with Crippen molar-refractivity contribution < 1.29 is 21.9 Å². The second kappa shape index (κ2) is 4.81. The van der Waals surface area contributed by atoms with Crippen LogP contribution in [0.1, 0.15) is 17.7 Å². The van der Waals surface area contributed by atoms with Crippen LogP contribution in [0, 0.1) is 11.3 Å². The highest BCUT2D eigenvalue weighted by molar-refractivity contribution is 8.13. The van der Waals surface area contributed by atoms with Gasteiger partial charge in [-0.1, -0.05) is 0 Å². The molecule has 0 atom stereocenters. The van der Waals surface area contributed by atoms with Gasteiger partial charge in [-0.3, -0.25) is 0 Å². The van der Waals surface area contributed by atoms with Crippen LogP contribution in [0.4, 0.5) is 8.78 Å². The Morgan fingerprint density at radius 1 is 1.59 bits per heavy atom. The van der Waals surface area contributed by atoms with Gasteiger partial charge in [0.15, 0.2) is 5.75 Å². The minimum Gasteiger partial charge on any atom is -0.493 e. The summed E-state index contributed by atoms with van der Waals surface area (Å²) in [5, 5.41) is 8.68. The third-order valence-corrected chi connectivity index (χ3v) is 3.15. The minimum absolute atomic E-state index is 0.457. The summed E-state index contributed by atoms with van der Waals surface area (Å²) in [7, 11) is 1.66. The van der Waals surface area contributed by atoms with E-state index < -0.39 is 37.4 Å². The lowest BCUT2D eigenvalue weighted by molar-refractivity contribution is 0.140. The fourth-order valence-electron chi connectivity index (χ4n) is 1.16. The second-order valence-corrected chi connectivity index (χ2v) is 5.27. The Morgan fingerprint density at radius 2 is 2.18 bits per heavy atom. The molecule has 1 heterocycles. The molecule has 0 fully saturated rings. The molecule has 0 aliphatic carbocycles. The highest BCUT2D eigenvalue weighted by Crippen LogP contribution is 2.36. The predicted molar refractivity (Wildman–Crippen MR) is 53.5 cm³/mol. The van der Waals surface area contributed by atoms with Gasteiger partial charge in [0.05, 0.1) is 12.7 Å². The Hall–Kier alpha value is -1.46. The van der Waals surface area contributed by atoms with Gasteiger partial charge in [0.1, 0.15) is 16.7 Å². The van der Waals surface area contributed by atoms with Crippen molar-refractivity contribution in [3.05, 3.63) is 17.5 Å². The van der Waals surface area contributed by atoms with E-state index in [1.807, 2.05) is 0 Å². The van der Waals surface area contributed by atoms with E-state index in [9.17, 15) is 17.2 Å².